The molecule has 0 fully saturated rings. The highest BCUT2D eigenvalue weighted by atomic mass is 16.3. The van der Waals surface area contributed by atoms with Gasteiger partial charge in [-0.15, -0.1) is 0 Å². The standard InChI is InChI=1S/C61H40N2O/c1-5-19-41(20-6-1)62(42-21-7-2-8-22-42)45-33-35-50-47-27-13-14-28-48(47)51-36-34-46(63(43-23-9-3-10-24-43)44-25-11-4-12-26-44)38-57(51)61(56(50)37-45)55-31-17-15-29-49(55)53-40-60-54(39-58(53)61)52-30-16-18-32-59(52)64-60/h1-40H. The normalized spacial score (nSPS) is 12.8. The second kappa shape index (κ2) is 14.3. The van der Waals surface area contributed by atoms with Crippen molar-refractivity contribution in [1.29, 1.82) is 0 Å². The van der Waals surface area contributed by atoms with Crippen LogP contribution >= 0.6 is 0 Å². The Labute approximate surface area is 372 Å². The number of benzene rings is 10. The first-order valence-electron chi connectivity index (χ1n) is 22.0. The third-order valence-corrected chi connectivity index (χ3v) is 13.4. The van der Waals surface area contributed by atoms with E-state index in [9.17, 15) is 0 Å². The molecule has 0 saturated heterocycles. The van der Waals surface area contributed by atoms with E-state index >= 15 is 0 Å². The smallest absolute Gasteiger partial charge is 0.136 e. The minimum Gasteiger partial charge on any atom is -0.456 e. The van der Waals surface area contributed by atoms with Gasteiger partial charge in [0.05, 0.1) is 5.41 Å². The van der Waals surface area contributed by atoms with Gasteiger partial charge in [-0.25, -0.2) is 0 Å². The van der Waals surface area contributed by atoms with Crippen LogP contribution < -0.4 is 9.80 Å². The molecule has 2 aliphatic rings. The van der Waals surface area contributed by atoms with Crippen LogP contribution in [0.15, 0.2) is 247 Å². The third-order valence-electron chi connectivity index (χ3n) is 13.4. The molecule has 3 nitrogen and oxygen atoms in total. The summed E-state index contributed by atoms with van der Waals surface area (Å²) in [7, 11) is 0. The maximum absolute atomic E-state index is 6.67. The van der Waals surface area contributed by atoms with E-state index in [1.807, 2.05) is 0 Å². The van der Waals surface area contributed by atoms with Crippen molar-refractivity contribution in [3.63, 3.8) is 0 Å². The predicted octanol–water partition coefficient (Wildman–Crippen LogP) is 16.5. The highest BCUT2D eigenvalue weighted by Crippen LogP contribution is 2.63. The van der Waals surface area contributed by atoms with Crippen molar-refractivity contribution in [2.24, 2.45) is 0 Å². The lowest BCUT2D eigenvalue weighted by molar-refractivity contribution is 0.668. The van der Waals surface area contributed by atoms with E-state index in [1.54, 1.807) is 0 Å². The molecule has 0 amide bonds. The zero-order valence-electron chi connectivity index (χ0n) is 34.9. The zero-order chi connectivity index (χ0) is 42.2. The van der Waals surface area contributed by atoms with E-state index in [0.29, 0.717) is 0 Å². The van der Waals surface area contributed by atoms with Crippen LogP contribution in [0.5, 0.6) is 0 Å². The van der Waals surface area contributed by atoms with Crippen LogP contribution in [0.2, 0.25) is 0 Å². The third kappa shape index (κ3) is 5.34. The lowest BCUT2D eigenvalue weighted by Crippen LogP contribution is -2.30. The van der Waals surface area contributed by atoms with Gasteiger partial charge in [-0.3, -0.25) is 0 Å². The molecule has 1 heterocycles. The van der Waals surface area contributed by atoms with Crippen LogP contribution in [-0.4, -0.2) is 0 Å². The highest BCUT2D eigenvalue weighted by molar-refractivity contribution is 6.09. The molecular formula is C61H40N2O. The number of para-hydroxylation sites is 5. The summed E-state index contributed by atoms with van der Waals surface area (Å²) in [5, 5.41) is 2.23. The molecule has 0 radical (unpaired) electrons. The average molecular weight is 817 g/mol. The summed E-state index contributed by atoms with van der Waals surface area (Å²) in [6, 6.07) is 88.6. The Hall–Kier alpha value is -8.40. The number of anilines is 6. The molecule has 1 aromatic heterocycles. The summed E-state index contributed by atoms with van der Waals surface area (Å²) >= 11 is 0. The fraction of sp³-hybridized carbons (Fsp3) is 0.0164. The van der Waals surface area contributed by atoms with Crippen molar-refractivity contribution in [3.05, 3.63) is 265 Å². The molecule has 10 aromatic carbocycles. The molecule has 2 aliphatic carbocycles. The predicted molar refractivity (Wildman–Crippen MR) is 265 cm³/mol. The first-order valence-corrected chi connectivity index (χ1v) is 22.0. The van der Waals surface area contributed by atoms with Gasteiger partial charge in [0.25, 0.3) is 0 Å². The minimum atomic E-state index is -0.772. The van der Waals surface area contributed by atoms with Crippen molar-refractivity contribution >= 4 is 56.1 Å². The van der Waals surface area contributed by atoms with Gasteiger partial charge in [0, 0.05) is 44.9 Å². The monoisotopic (exact) mass is 816 g/mol. The van der Waals surface area contributed by atoms with Crippen LogP contribution in [-0.2, 0) is 5.41 Å². The maximum atomic E-state index is 6.67. The molecule has 3 heteroatoms. The quantitative estimate of drug-likeness (QED) is 0.167. The zero-order valence-corrected chi connectivity index (χ0v) is 34.9. The summed E-state index contributed by atoms with van der Waals surface area (Å²) in [5.74, 6) is 0. The molecule has 0 N–H and O–H groups in total. The second-order valence-electron chi connectivity index (χ2n) is 16.8. The largest absolute Gasteiger partial charge is 0.456 e. The summed E-state index contributed by atoms with van der Waals surface area (Å²) < 4.78 is 6.67. The van der Waals surface area contributed by atoms with Crippen molar-refractivity contribution in [2.75, 3.05) is 9.80 Å². The molecule has 11 aromatic rings. The number of hydrogen-bond acceptors (Lipinski definition) is 3. The fourth-order valence-corrected chi connectivity index (χ4v) is 10.8. The Morgan fingerprint density at radius 2 is 0.656 bits per heavy atom. The summed E-state index contributed by atoms with van der Waals surface area (Å²) in [6.07, 6.45) is 0. The molecule has 64 heavy (non-hydrogen) atoms. The molecule has 0 unspecified atom stereocenters. The number of fused-ring (bicyclic) bond motifs is 15. The van der Waals surface area contributed by atoms with Crippen molar-refractivity contribution in [3.8, 4) is 33.4 Å². The first-order chi connectivity index (χ1) is 31.8. The molecule has 0 aliphatic heterocycles. The van der Waals surface area contributed by atoms with E-state index < -0.39 is 5.41 Å². The number of furan rings is 1. The van der Waals surface area contributed by atoms with Gasteiger partial charge in [-0.1, -0.05) is 152 Å². The van der Waals surface area contributed by atoms with Gasteiger partial charge in [0.1, 0.15) is 11.2 Å². The topological polar surface area (TPSA) is 19.6 Å². The Kier molecular flexibility index (Phi) is 8.13. The van der Waals surface area contributed by atoms with Crippen LogP contribution in [0.3, 0.4) is 0 Å². The Morgan fingerprint density at radius 1 is 0.250 bits per heavy atom. The highest BCUT2D eigenvalue weighted by Gasteiger charge is 2.50. The van der Waals surface area contributed by atoms with Crippen LogP contribution in [0, 0.1) is 0 Å². The molecule has 13 rings (SSSR count). The summed E-state index contributed by atoms with van der Waals surface area (Å²) in [6.45, 7) is 0. The molecule has 0 atom stereocenters. The van der Waals surface area contributed by atoms with E-state index in [0.717, 1.165) is 56.1 Å². The molecular weight excluding hydrogens is 777 g/mol. The Bertz CT molecular complexity index is 3330. The number of hydrogen-bond donors (Lipinski definition) is 0. The van der Waals surface area contributed by atoms with Gasteiger partial charge in [0.2, 0.25) is 0 Å². The lowest BCUT2D eigenvalue weighted by Gasteiger charge is -2.37. The molecule has 300 valence electrons. The SMILES string of the molecule is c1ccc(N(c2ccccc2)c2ccc3c(c2)C2(c4cc(N(c5ccccc5)c5ccccc5)ccc4-c4ccccc4-3)c3ccccc3-c3cc4oc5ccccc5c4cc32)cc1. The fourth-order valence-electron chi connectivity index (χ4n) is 10.8. The number of rotatable bonds is 6. The van der Waals surface area contributed by atoms with E-state index in [4.69, 9.17) is 4.42 Å². The van der Waals surface area contributed by atoms with Crippen molar-refractivity contribution in [1.82, 2.24) is 0 Å². The lowest BCUT2D eigenvalue weighted by atomic mass is 9.65. The van der Waals surface area contributed by atoms with Crippen molar-refractivity contribution in [2.45, 2.75) is 5.41 Å². The van der Waals surface area contributed by atoms with E-state index in [1.165, 1.54) is 55.6 Å². The van der Waals surface area contributed by atoms with Gasteiger partial charge >= 0.3 is 0 Å². The summed E-state index contributed by atoms with van der Waals surface area (Å²) in [5.41, 5.74) is 19.8. The van der Waals surface area contributed by atoms with Crippen LogP contribution in [0.1, 0.15) is 22.3 Å². The van der Waals surface area contributed by atoms with E-state index in [-0.39, 0.29) is 0 Å². The Balaban J connectivity index is 1.20. The van der Waals surface area contributed by atoms with Gasteiger partial charge in [-0.2, -0.15) is 0 Å². The van der Waals surface area contributed by atoms with E-state index in [2.05, 4.69) is 252 Å². The molecule has 0 saturated carbocycles. The summed E-state index contributed by atoms with van der Waals surface area (Å²) in [4.78, 5) is 4.78. The Morgan fingerprint density at radius 3 is 1.17 bits per heavy atom. The first kappa shape index (κ1) is 36.3. The van der Waals surface area contributed by atoms with Crippen LogP contribution in [0.25, 0.3) is 55.3 Å². The minimum absolute atomic E-state index is 0.772. The average Bonchev–Trinajstić information content (AvgIpc) is 3.84. The van der Waals surface area contributed by atoms with Gasteiger partial charge in [0.15, 0.2) is 0 Å². The van der Waals surface area contributed by atoms with Gasteiger partial charge in [-0.05, 0) is 147 Å². The number of nitrogens with zero attached hydrogens (tertiary/aromatic N) is 2. The molecule has 1 spiro atoms. The van der Waals surface area contributed by atoms with Crippen molar-refractivity contribution < 1.29 is 4.42 Å². The second-order valence-corrected chi connectivity index (χ2v) is 16.8. The molecule has 0 bridgehead atoms. The van der Waals surface area contributed by atoms with Gasteiger partial charge < -0.3 is 14.2 Å². The van der Waals surface area contributed by atoms with Crippen LogP contribution in [0.4, 0.5) is 34.1 Å². The maximum Gasteiger partial charge on any atom is 0.136 e.